The van der Waals surface area contributed by atoms with Gasteiger partial charge in [-0.05, 0) is 28.7 Å². The van der Waals surface area contributed by atoms with Gasteiger partial charge in [0.05, 0.1) is 6.57 Å². The van der Waals surface area contributed by atoms with Crippen molar-refractivity contribution in [3.05, 3.63) is 39.3 Å². The zero-order valence-corrected chi connectivity index (χ0v) is 6.79. The highest BCUT2D eigenvalue weighted by atomic mass is 127. The Balaban J connectivity index is 3.12. The van der Waals surface area contributed by atoms with Crippen LogP contribution in [0, 0.1) is 10.1 Å². The summed E-state index contributed by atoms with van der Waals surface area (Å²) in [4.78, 5) is 3.28. The molecule has 0 aliphatic carbocycles. The fourth-order valence-electron chi connectivity index (χ4n) is 0.546. The molecule has 0 aliphatic heterocycles. The Hall–Kier alpha value is -0.560. The summed E-state index contributed by atoms with van der Waals surface area (Å²) in [6, 6.07) is 7.51. The van der Waals surface area contributed by atoms with E-state index in [1.165, 1.54) is 0 Å². The van der Waals surface area contributed by atoms with Gasteiger partial charge in [-0.15, -0.1) is 0 Å². The molecule has 0 aromatic heterocycles. The van der Waals surface area contributed by atoms with Crippen molar-refractivity contribution >= 4 is 28.3 Å². The number of hydrogen-bond acceptors (Lipinski definition) is 0. The lowest BCUT2D eigenvalue weighted by Gasteiger charge is -1.87. The maximum atomic E-state index is 6.66. The van der Waals surface area contributed by atoms with Gasteiger partial charge in [0.2, 0.25) is 0 Å². The maximum Gasteiger partial charge on any atom is 0.188 e. The number of halogens is 1. The number of nitrogens with zero attached hydrogens (tertiary/aromatic N) is 1. The minimum atomic E-state index is 0.710. The van der Waals surface area contributed by atoms with Gasteiger partial charge < -0.3 is 0 Å². The molecule has 0 saturated heterocycles. The van der Waals surface area contributed by atoms with Crippen LogP contribution in [0.5, 0.6) is 0 Å². The second-order valence-electron chi connectivity index (χ2n) is 1.59. The third-order valence-electron chi connectivity index (χ3n) is 0.937. The van der Waals surface area contributed by atoms with E-state index in [0.717, 1.165) is 3.57 Å². The van der Waals surface area contributed by atoms with Crippen molar-refractivity contribution < 1.29 is 0 Å². The molecular formula is C7H4IN. The Labute approximate surface area is 67.7 Å². The first-order chi connectivity index (χ1) is 4.33. The van der Waals surface area contributed by atoms with Gasteiger partial charge >= 0.3 is 0 Å². The molecule has 0 fully saturated rings. The maximum absolute atomic E-state index is 6.66. The monoisotopic (exact) mass is 229 g/mol. The first-order valence-electron chi connectivity index (χ1n) is 2.46. The Morgan fingerprint density at radius 2 is 2.22 bits per heavy atom. The molecule has 44 valence electrons. The molecule has 1 nitrogen and oxygen atoms in total. The van der Waals surface area contributed by atoms with Crippen LogP contribution >= 0.6 is 22.6 Å². The zero-order valence-electron chi connectivity index (χ0n) is 4.63. The van der Waals surface area contributed by atoms with Gasteiger partial charge in [0.15, 0.2) is 5.69 Å². The summed E-state index contributed by atoms with van der Waals surface area (Å²) >= 11 is 2.19. The molecule has 1 aromatic carbocycles. The largest absolute Gasteiger partial charge is 0.238 e. The fraction of sp³-hybridized carbons (Fsp3) is 0. The van der Waals surface area contributed by atoms with Gasteiger partial charge in [0, 0.05) is 3.57 Å². The SMILES string of the molecule is [C-]#[N+]c1cccc(I)c1. The van der Waals surface area contributed by atoms with Crippen molar-refractivity contribution in [2.24, 2.45) is 0 Å². The Morgan fingerprint density at radius 1 is 1.44 bits per heavy atom. The van der Waals surface area contributed by atoms with Crippen LogP contribution in [0.2, 0.25) is 0 Å². The minimum Gasteiger partial charge on any atom is -0.238 e. The van der Waals surface area contributed by atoms with E-state index in [9.17, 15) is 0 Å². The molecule has 2 heteroatoms. The fourth-order valence-corrected chi connectivity index (χ4v) is 1.07. The van der Waals surface area contributed by atoms with E-state index in [1.54, 1.807) is 6.07 Å². The van der Waals surface area contributed by atoms with E-state index in [2.05, 4.69) is 27.4 Å². The zero-order chi connectivity index (χ0) is 6.69. The standard InChI is InChI=1S/C7H4IN/c1-9-7-4-2-3-6(8)5-7/h2-5H. The van der Waals surface area contributed by atoms with Crippen molar-refractivity contribution in [2.75, 3.05) is 0 Å². The van der Waals surface area contributed by atoms with Crippen molar-refractivity contribution in [1.82, 2.24) is 0 Å². The van der Waals surface area contributed by atoms with Crippen LogP contribution in [0.25, 0.3) is 4.85 Å². The van der Waals surface area contributed by atoms with E-state index < -0.39 is 0 Å². The van der Waals surface area contributed by atoms with Gasteiger partial charge in [0.1, 0.15) is 0 Å². The van der Waals surface area contributed by atoms with E-state index >= 15 is 0 Å². The van der Waals surface area contributed by atoms with Crippen LogP contribution in [-0.4, -0.2) is 0 Å². The number of rotatable bonds is 0. The van der Waals surface area contributed by atoms with Crippen LogP contribution in [0.15, 0.2) is 24.3 Å². The highest BCUT2D eigenvalue weighted by Crippen LogP contribution is 2.14. The first-order valence-corrected chi connectivity index (χ1v) is 3.54. The summed E-state index contributed by atoms with van der Waals surface area (Å²) in [7, 11) is 0. The molecule has 1 aromatic rings. The van der Waals surface area contributed by atoms with E-state index in [-0.39, 0.29) is 0 Å². The Morgan fingerprint density at radius 3 is 2.67 bits per heavy atom. The van der Waals surface area contributed by atoms with Crippen molar-refractivity contribution in [3.8, 4) is 0 Å². The Bertz CT molecular complexity index is 249. The van der Waals surface area contributed by atoms with Crippen molar-refractivity contribution in [3.63, 3.8) is 0 Å². The van der Waals surface area contributed by atoms with Gasteiger partial charge in [-0.3, -0.25) is 0 Å². The summed E-state index contributed by atoms with van der Waals surface area (Å²) in [5.41, 5.74) is 0.710. The van der Waals surface area contributed by atoms with E-state index in [0.29, 0.717) is 5.69 Å². The molecule has 9 heavy (non-hydrogen) atoms. The molecule has 0 heterocycles. The molecule has 0 saturated carbocycles. The predicted octanol–water partition coefficient (Wildman–Crippen LogP) is 2.84. The first kappa shape index (κ1) is 6.56. The van der Waals surface area contributed by atoms with Crippen LogP contribution < -0.4 is 0 Å². The average molecular weight is 229 g/mol. The lowest BCUT2D eigenvalue weighted by atomic mass is 10.3. The number of hydrogen-bond donors (Lipinski definition) is 0. The second kappa shape index (κ2) is 2.83. The van der Waals surface area contributed by atoms with Crippen LogP contribution in [0.3, 0.4) is 0 Å². The highest BCUT2D eigenvalue weighted by Gasteiger charge is 1.87. The second-order valence-corrected chi connectivity index (χ2v) is 2.84. The van der Waals surface area contributed by atoms with Crippen molar-refractivity contribution in [2.45, 2.75) is 0 Å². The van der Waals surface area contributed by atoms with Gasteiger partial charge in [-0.2, -0.15) is 0 Å². The molecule has 0 atom stereocenters. The Kier molecular flexibility index (Phi) is 2.06. The summed E-state index contributed by atoms with van der Waals surface area (Å²) in [6.07, 6.45) is 0. The average Bonchev–Trinajstić information content (AvgIpc) is 1.88. The van der Waals surface area contributed by atoms with Gasteiger partial charge in [-0.1, -0.05) is 18.2 Å². The molecule has 0 unspecified atom stereocenters. The molecular weight excluding hydrogens is 225 g/mol. The summed E-state index contributed by atoms with van der Waals surface area (Å²) in [5.74, 6) is 0. The third kappa shape index (κ3) is 1.68. The molecule has 0 radical (unpaired) electrons. The lowest BCUT2D eigenvalue weighted by molar-refractivity contribution is 1.66. The summed E-state index contributed by atoms with van der Waals surface area (Å²) in [6.45, 7) is 6.66. The normalized spacial score (nSPS) is 8.44. The van der Waals surface area contributed by atoms with Crippen molar-refractivity contribution in [1.29, 1.82) is 0 Å². The molecule has 0 aliphatic rings. The minimum absolute atomic E-state index is 0.710. The van der Waals surface area contributed by atoms with Crippen LogP contribution in [0.4, 0.5) is 5.69 Å². The van der Waals surface area contributed by atoms with Crippen LogP contribution in [0.1, 0.15) is 0 Å². The quantitative estimate of drug-likeness (QED) is 0.476. The molecule has 1 rings (SSSR count). The smallest absolute Gasteiger partial charge is 0.188 e. The third-order valence-corrected chi connectivity index (χ3v) is 1.61. The van der Waals surface area contributed by atoms with Crippen LogP contribution in [-0.2, 0) is 0 Å². The molecule has 0 amide bonds. The molecule has 0 bridgehead atoms. The lowest BCUT2D eigenvalue weighted by Crippen LogP contribution is -1.64. The van der Waals surface area contributed by atoms with Gasteiger partial charge in [-0.25, -0.2) is 4.85 Å². The highest BCUT2D eigenvalue weighted by molar-refractivity contribution is 14.1. The topological polar surface area (TPSA) is 4.36 Å². The number of benzene rings is 1. The van der Waals surface area contributed by atoms with E-state index in [4.69, 9.17) is 6.57 Å². The molecule has 0 spiro atoms. The summed E-state index contributed by atoms with van der Waals surface area (Å²) in [5, 5.41) is 0. The molecule has 0 N–H and O–H groups in total. The summed E-state index contributed by atoms with van der Waals surface area (Å²) < 4.78 is 1.11. The van der Waals surface area contributed by atoms with Gasteiger partial charge in [0.25, 0.3) is 0 Å². The predicted molar refractivity (Wildman–Crippen MR) is 45.4 cm³/mol. The van der Waals surface area contributed by atoms with E-state index in [1.807, 2.05) is 18.2 Å².